The van der Waals surface area contributed by atoms with E-state index in [1.165, 1.54) is 17.8 Å². The number of fused-ring (bicyclic) bond motifs is 1. The van der Waals surface area contributed by atoms with Crippen molar-refractivity contribution in [3.05, 3.63) is 63.2 Å². The van der Waals surface area contributed by atoms with Crippen LogP contribution in [0.5, 0.6) is 0 Å². The number of hydrogen-bond acceptors (Lipinski definition) is 4. The largest absolute Gasteiger partial charge is 0.417 e. The second-order valence-corrected chi connectivity index (χ2v) is 6.69. The summed E-state index contributed by atoms with van der Waals surface area (Å²) in [4.78, 5) is 25.6. The van der Waals surface area contributed by atoms with Crippen LogP contribution in [0.4, 0.5) is 13.2 Å². The number of ketones is 1. The maximum Gasteiger partial charge on any atom is 0.417 e. The lowest BCUT2D eigenvalue weighted by Gasteiger charge is -2.10. The number of hydrogen-bond donors (Lipinski definition) is 0. The molecule has 0 bridgehead atoms. The Kier molecular flexibility index (Phi) is 3.89. The van der Waals surface area contributed by atoms with Crippen LogP contribution in [-0.2, 0) is 13.2 Å². The van der Waals surface area contributed by atoms with Crippen LogP contribution in [0.3, 0.4) is 0 Å². The van der Waals surface area contributed by atoms with Gasteiger partial charge in [0.1, 0.15) is 5.69 Å². The van der Waals surface area contributed by atoms with Crippen LogP contribution < -0.4 is 5.56 Å². The number of rotatable bonds is 3. The molecule has 3 aromatic rings. The van der Waals surface area contributed by atoms with Crippen LogP contribution >= 0.6 is 0 Å². The fraction of sp³-hybridized carbons (Fsp3) is 0.263. The zero-order valence-electron chi connectivity index (χ0n) is 14.6. The van der Waals surface area contributed by atoms with E-state index in [1.54, 1.807) is 16.8 Å². The summed E-state index contributed by atoms with van der Waals surface area (Å²) in [5, 5.41) is 13.5. The summed E-state index contributed by atoms with van der Waals surface area (Å²) in [5.41, 5.74) is -1.92. The molecule has 0 atom stereocenters. The maximum absolute atomic E-state index is 13.0. The number of nitrogens with zero attached hydrogens (tertiary/aromatic N) is 4. The van der Waals surface area contributed by atoms with Crippen molar-refractivity contribution in [3.8, 4) is 6.07 Å². The molecule has 0 saturated heterocycles. The Bertz CT molecular complexity index is 1230. The van der Waals surface area contributed by atoms with E-state index in [9.17, 15) is 22.8 Å². The molecule has 0 N–H and O–H groups in total. The van der Waals surface area contributed by atoms with Crippen molar-refractivity contribution in [2.24, 2.45) is 7.05 Å². The molecule has 1 aliphatic carbocycles. The summed E-state index contributed by atoms with van der Waals surface area (Å²) >= 11 is 0. The third-order valence-electron chi connectivity index (χ3n) is 4.79. The van der Waals surface area contributed by atoms with Gasteiger partial charge in [0.2, 0.25) is 5.78 Å². The Morgan fingerprint density at radius 2 is 2.00 bits per heavy atom. The fourth-order valence-electron chi connectivity index (χ4n) is 3.27. The van der Waals surface area contributed by atoms with Gasteiger partial charge in [-0.3, -0.25) is 14.3 Å². The Balaban J connectivity index is 1.84. The first-order valence-corrected chi connectivity index (χ1v) is 8.46. The van der Waals surface area contributed by atoms with Gasteiger partial charge in [0.15, 0.2) is 5.52 Å². The van der Waals surface area contributed by atoms with Gasteiger partial charge in [0.25, 0.3) is 5.56 Å². The third-order valence-corrected chi connectivity index (χ3v) is 4.79. The number of nitriles is 1. The molecule has 0 unspecified atom stereocenters. The summed E-state index contributed by atoms with van der Waals surface area (Å²) in [5.74, 6) is -0.612. The van der Waals surface area contributed by atoms with Gasteiger partial charge in [0, 0.05) is 30.2 Å². The molecular formula is C19H13F3N4O2. The molecule has 0 amide bonds. The molecule has 1 fully saturated rings. The molecule has 142 valence electrons. The van der Waals surface area contributed by atoms with E-state index in [-0.39, 0.29) is 28.4 Å². The number of alkyl halides is 3. The first kappa shape index (κ1) is 18.0. The molecule has 0 spiro atoms. The predicted octanol–water partition coefficient (Wildman–Crippen LogP) is 3.19. The molecule has 6 nitrogen and oxygen atoms in total. The molecule has 1 saturated carbocycles. The molecule has 0 radical (unpaired) electrons. The fourth-order valence-corrected chi connectivity index (χ4v) is 3.27. The van der Waals surface area contributed by atoms with Gasteiger partial charge in [-0.05, 0) is 31.0 Å². The minimum absolute atomic E-state index is 0.0821. The van der Waals surface area contributed by atoms with Gasteiger partial charge in [-0.25, -0.2) is 0 Å². The number of pyridine rings is 1. The normalized spacial score (nSPS) is 14.2. The van der Waals surface area contributed by atoms with Crippen molar-refractivity contribution in [1.29, 1.82) is 5.26 Å². The van der Waals surface area contributed by atoms with Crippen LogP contribution in [0.2, 0.25) is 0 Å². The Morgan fingerprint density at radius 3 is 2.61 bits per heavy atom. The van der Waals surface area contributed by atoms with E-state index in [1.807, 2.05) is 0 Å². The summed E-state index contributed by atoms with van der Waals surface area (Å²) in [6, 6.07) is 5.89. The van der Waals surface area contributed by atoms with Crippen LogP contribution in [0, 0.1) is 11.3 Å². The first-order valence-electron chi connectivity index (χ1n) is 8.46. The van der Waals surface area contributed by atoms with Gasteiger partial charge >= 0.3 is 6.18 Å². The number of aryl methyl sites for hydroxylation is 1. The SMILES string of the molecule is Cn1nc2c(=O)n(C3CC3)ccc2c1C(=O)c1ccc(C(F)(F)F)c(C#N)c1. The number of carbonyl (C=O) groups excluding carboxylic acids is 1. The minimum Gasteiger partial charge on any atom is -0.311 e. The molecule has 4 rings (SSSR count). The molecular weight excluding hydrogens is 373 g/mol. The van der Waals surface area contributed by atoms with Gasteiger partial charge in [-0.1, -0.05) is 6.07 Å². The highest BCUT2D eigenvalue weighted by Crippen LogP contribution is 2.34. The number of aromatic nitrogens is 3. The van der Waals surface area contributed by atoms with Crippen LogP contribution in [-0.4, -0.2) is 20.1 Å². The monoisotopic (exact) mass is 386 g/mol. The number of carbonyl (C=O) groups is 1. The third kappa shape index (κ3) is 2.78. The van der Waals surface area contributed by atoms with Crippen LogP contribution in [0.25, 0.3) is 10.9 Å². The van der Waals surface area contributed by atoms with Crippen molar-refractivity contribution in [3.63, 3.8) is 0 Å². The molecule has 28 heavy (non-hydrogen) atoms. The average molecular weight is 386 g/mol. The second kappa shape index (κ2) is 6.05. The van der Waals surface area contributed by atoms with E-state index in [2.05, 4.69) is 5.10 Å². The molecule has 2 heterocycles. The van der Waals surface area contributed by atoms with Crippen molar-refractivity contribution in [2.75, 3.05) is 0 Å². The van der Waals surface area contributed by atoms with Crippen molar-refractivity contribution in [2.45, 2.75) is 25.1 Å². The topological polar surface area (TPSA) is 80.7 Å². The zero-order valence-corrected chi connectivity index (χ0v) is 14.6. The first-order chi connectivity index (χ1) is 13.2. The van der Waals surface area contributed by atoms with E-state index in [0.29, 0.717) is 11.5 Å². The highest BCUT2D eigenvalue weighted by atomic mass is 19.4. The van der Waals surface area contributed by atoms with E-state index in [4.69, 9.17) is 5.26 Å². The van der Waals surface area contributed by atoms with E-state index < -0.39 is 23.1 Å². The molecule has 1 aromatic carbocycles. The highest BCUT2D eigenvalue weighted by Gasteiger charge is 2.34. The molecule has 0 aliphatic heterocycles. The summed E-state index contributed by atoms with van der Waals surface area (Å²) in [6.07, 6.45) is -1.27. The summed E-state index contributed by atoms with van der Waals surface area (Å²) in [6.45, 7) is 0. The maximum atomic E-state index is 13.0. The van der Waals surface area contributed by atoms with Crippen molar-refractivity contribution >= 4 is 16.7 Å². The van der Waals surface area contributed by atoms with Crippen molar-refractivity contribution < 1.29 is 18.0 Å². The predicted molar refractivity (Wildman–Crippen MR) is 92.8 cm³/mol. The number of benzene rings is 1. The highest BCUT2D eigenvalue weighted by molar-refractivity contribution is 6.15. The second-order valence-electron chi connectivity index (χ2n) is 6.69. The minimum atomic E-state index is -4.69. The zero-order chi connectivity index (χ0) is 20.2. The molecule has 2 aromatic heterocycles. The van der Waals surface area contributed by atoms with Gasteiger partial charge in [-0.15, -0.1) is 0 Å². The summed E-state index contributed by atoms with van der Waals surface area (Å²) in [7, 11) is 1.49. The van der Waals surface area contributed by atoms with Gasteiger partial charge in [-0.2, -0.15) is 23.5 Å². The quantitative estimate of drug-likeness (QED) is 0.648. The van der Waals surface area contributed by atoms with Crippen LogP contribution in [0.1, 0.15) is 46.1 Å². The molecule has 9 heteroatoms. The Morgan fingerprint density at radius 1 is 1.29 bits per heavy atom. The van der Waals surface area contributed by atoms with Crippen molar-refractivity contribution in [1.82, 2.24) is 14.3 Å². The lowest BCUT2D eigenvalue weighted by atomic mass is 9.99. The van der Waals surface area contributed by atoms with Gasteiger partial charge < -0.3 is 4.57 Å². The Hall–Kier alpha value is -3.41. The lowest BCUT2D eigenvalue weighted by molar-refractivity contribution is -0.137. The van der Waals surface area contributed by atoms with Gasteiger partial charge in [0.05, 0.1) is 17.2 Å². The van der Waals surface area contributed by atoms with E-state index in [0.717, 1.165) is 25.0 Å². The van der Waals surface area contributed by atoms with Crippen LogP contribution in [0.15, 0.2) is 35.3 Å². The van der Waals surface area contributed by atoms with E-state index >= 15 is 0 Å². The lowest BCUT2D eigenvalue weighted by Crippen LogP contribution is -2.18. The number of halogens is 3. The molecule has 1 aliphatic rings. The summed E-state index contributed by atoms with van der Waals surface area (Å²) < 4.78 is 41.8. The Labute approximate surface area is 156 Å². The standard InChI is InChI=1S/C19H13F3N4O2/c1-25-16(13-6-7-26(12-3-4-12)18(28)15(13)24-25)17(27)10-2-5-14(19(20,21)22)11(8-10)9-23/h2,5-8,12H,3-4H2,1H3. The average Bonchev–Trinajstić information content (AvgIpc) is 3.42. The smallest absolute Gasteiger partial charge is 0.311 e.